The van der Waals surface area contributed by atoms with E-state index in [9.17, 15) is 9.18 Å². The van der Waals surface area contributed by atoms with Gasteiger partial charge >= 0.3 is 0 Å². The van der Waals surface area contributed by atoms with Gasteiger partial charge in [0, 0.05) is 11.6 Å². The highest BCUT2D eigenvalue weighted by Gasteiger charge is 2.35. The summed E-state index contributed by atoms with van der Waals surface area (Å²) in [6.45, 7) is 0. The quantitative estimate of drug-likeness (QED) is 0.505. The van der Waals surface area contributed by atoms with Crippen molar-refractivity contribution in [2.24, 2.45) is 5.92 Å². The molecule has 2 saturated carbocycles. The first-order chi connectivity index (χ1) is 15.7. The van der Waals surface area contributed by atoms with Gasteiger partial charge in [0.1, 0.15) is 17.7 Å². The van der Waals surface area contributed by atoms with Gasteiger partial charge in [-0.3, -0.25) is 4.79 Å². The van der Waals surface area contributed by atoms with E-state index in [0.29, 0.717) is 11.4 Å². The second-order valence-corrected chi connectivity index (χ2v) is 9.49. The van der Waals surface area contributed by atoms with Crippen LogP contribution in [0.2, 0.25) is 0 Å². The number of benzene rings is 2. The minimum absolute atomic E-state index is 0.101. The van der Waals surface area contributed by atoms with Crippen LogP contribution in [0.25, 0.3) is 22.4 Å². The van der Waals surface area contributed by atoms with E-state index in [-0.39, 0.29) is 29.7 Å². The minimum atomic E-state index is -0.331. The number of hydrogen-bond acceptors (Lipinski definition) is 2. The molecular formula is C27H32FN3O. The molecule has 0 aliphatic heterocycles. The van der Waals surface area contributed by atoms with Gasteiger partial charge in [-0.15, -0.1) is 0 Å². The highest BCUT2D eigenvalue weighted by molar-refractivity contribution is 5.87. The van der Waals surface area contributed by atoms with E-state index in [1.165, 1.54) is 37.8 Å². The first kappa shape index (κ1) is 21.2. The zero-order chi connectivity index (χ0) is 21.9. The lowest BCUT2D eigenvalue weighted by atomic mass is 9.82. The molecule has 5 rings (SSSR count). The van der Waals surface area contributed by atoms with Crippen LogP contribution in [0.1, 0.15) is 70.3 Å². The third-order valence-corrected chi connectivity index (χ3v) is 7.27. The standard InChI is InChI=1S/C27H32FN3O/c28-21-13-9-12-20(18-21)26-30-23-16-7-8-17-24(23)31(26)25(19-10-3-1-4-11-19)27(32)29-22-14-5-2-6-15-22/h7-9,12-13,16-19,22,25H,1-6,10-11,14-15H2,(H,29,32). The third kappa shape index (κ3) is 4.30. The van der Waals surface area contributed by atoms with Crippen molar-refractivity contribution < 1.29 is 9.18 Å². The molecule has 32 heavy (non-hydrogen) atoms. The van der Waals surface area contributed by atoms with E-state index in [1.54, 1.807) is 6.07 Å². The third-order valence-electron chi connectivity index (χ3n) is 7.27. The van der Waals surface area contributed by atoms with Gasteiger partial charge < -0.3 is 9.88 Å². The van der Waals surface area contributed by atoms with Crippen molar-refractivity contribution >= 4 is 16.9 Å². The average molecular weight is 434 g/mol. The Bertz CT molecular complexity index is 1080. The summed E-state index contributed by atoms with van der Waals surface area (Å²) in [5, 5.41) is 3.40. The fourth-order valence-electron chi connectivity index (χ4n) is 5.68. The molecule has 4 nitrogen and oxygen atoms in total. The Kier molecular flexibility index (Phi) is 6.24. The lowest BCUT2D eigenvalue weighted by Crippen LogP contribution is -2.43. The molecule has 0 radical (unpaired) electrons. The fourth-order valence-corrected chi connectivity index (χ4v) is 5.68. The second-order valence-electron chi connectivity index (χ2n) is 9.49. The number of rotatable bonds is 5. The smallest absolute Gasteiger partial charge is 0.243 e. The molecule has 1 aromatic heterocycles. The van der Waals surface area contributed by atoms with E-state index >= 15 is 0 Å². The minimum Gasteiger partial charge on any atom is -0.352 e. The number of halogens is 1. The van der Waals surface area contributed by atoms with Crippen molar-refractivity contribution in [3.05, 3.63) is 54.3 Å². The Hall–Kier alpha value is -2.69. The summed E-state index contributed by atoms with van der Waals surface area (Å²) in [5.41, 5.74) is 2.51. The normalized spacial score (nSPS) is 19.2. The van der Waals surface area contributed by atoms with Crippen molar-refractivity contribution in [1.29, 1.82) is 0 Å². The molecule has 1 N–H and O–H groups in total. The van der Waals surface area contributed by atoms with Crippen LogP contribution >= 0.6 is 0 Å². The summed E-state index contributed by atoms with van der Waals surface area (Å²) in [7, 11) is 0. The van der Waals surface area contributed by atoms with Gasteiger partial charge in [-0.2, -0.15) is 0 Å². The zero-order valence-electron chi connectivity index (χ0n) is 18.6. The molecular weight excluding hydrogens is 401 g/mol. The Labute approximate surface area is 189 Å². The van der Waals surface area contributed by atoms with Crippen LogP contribution in [0.3, 0.4) is 0 Å². The van der Waals surface area contributed by atoms with Gasteiger partial charge in [-0.1, -0.05) is 62.8 Å². The number of imidazole rings is 1. The predicted octanol–water partition coefficient (Wildman–Crippen LogP) is 6.41. The number of aromatic nitrogens is 2. The van der Waals surface area contributed by atoms with Gasteiger partial charge in [-0.05, 0) is 55.9 Å². The molecule has 0 spiro atoms. The number of fused-ring (bicyclic) bond motifs is 1. The molecule has 2 aliphatic rings. The van der Waals surface area contributed by atoms with E-state index < -0.39 is 0 Å². The second kappa shape index (κ2) is 9.43. The average Bonchev–Trinajstić information content (AvgIpc) is 3.20. The number of nitrogens with zero attached hydrogens (tertiary/aromatic N) is 2. The predicted molar refractivity (Wildman–Crippen MR) is 126 cm³/mol. The summed E-state index contributed by atoms with van der Waals surface area (Å²) in [6.07, 6.45) is 11.4. The number of carbonyl (C=O) groups is 1. The lowest BCUT2D eigenvalue weighted by molar-refractivity contribution is -0.127. The molecule has 0 bridgehead atoms. The first-order valence-electron chi connectivity index (χ1n) is 12.2. The van der Waals surface area contributed by atoms with Gasteiger partial charge in [0.05, 0.1) is 11.0 Å². The molecule has 3 aromatic rings. The van der Waals surface area contributed by atoms with Gasteiger partial charge in [0.2, 0.25) is 5.91 Å². The van der Waals surface area contributed by atoms with E-state index in [1.807, 2.05) is 30.3 Å². The van der Waals surface area contributed by atoms with Gasteiger partial charge in [-0.25, -0.2) is 9.37 Å². The number of para-hydroxylation sites is 2. The maximum atomic E-state index is 14.1. The number of nitrogens with one attached hydrogen (secondary N) is 1. The van der Waals surface area contributed by atoms with Gasteiger partial charge in [0.15, 0.2) is 0 Å². The molecule has 2 fully saturated rings. The Morgan fingerprint density at radius 2 is 1.66 bits per heavy atom. The highest BCUT2D eigenvalue weighted by atomic mass is 19.1. The number of hydrogen-bond donors (Lipinski definition) is 1. The van der Waals surface area contributed by atoms with E-state index in [0.717, 1.165) is 49.6 Å². The maximum absolute atomic E-state index is 14.1. The highest BCUT2D eigenvalue weighted by Crippen LogP contribution is 2.38. The zero-order valence-corrected chi connectivity index (χ0v) is 18.6. The fraction of sp³-hybridized carbons (Fsp3) is 0.481. The molecule has 1 atom stereocenters. The molecule has 2 aliphatic carbocycles. The molecule has 168 valence electrons. The molecule has 0 saturated heterocycles. The SMILES string of the molecule is O=C(NC1CCCCC1)C(C1CCCCC1)n1c(-c2cccc(F)c2)nc2ccccc21. The number of carbonyl (C=O) groups excluding carboxylic acids is 1. The van der Waals surface area contributed by atoms with Crippen molar-refractivity contribution in [2.45, 2.75) is 76.3 Å². The Balaban J connectivity index is 1.61. The summed E-state index contributed by atoms with van der Waals surface area (Å²) < 4.78 is 16.3. The van der Waals surface area contributed by atoms with Crippen LogP contribution in [0, 0.1) is 11.7 Å². The summed E-state index contributed by atoms with van der Waals surface area (Å²) in [5.74, 6) is 0.754. The monoisotopic (exact) mass is 433 g/mol. The lowest BCUT2D eigenvalue weighted by Gasteiger charge is -2.33. The molecule has 2 aromatic carbocycles. The van der Waals surface area contributed by atoms with E-state index in [4.69, 9.17) is 4.98 Å². The largest absolute Gasteiger partial charge is 0.352 e. The Morgan fingerprint density at radius 3 is 2.41 bits per heavy atom. The van der Waals surface area contributed by atoms with E-state index in [2.05, 4.69) is 9.88 Å². The van der Waals surface area contributed by atoms with Crippen LogP contribution in [0.15, 0.2) is 48.5 Å². The van der Waals surface area contributed by atoms with Crippen molar-refractivity contribution in [1.82, 2.24) is 14.9 Å². The summed E-state index contributed by atoms with van der Waals surface area (Å²) in [4.78, 5) is 18.8. The summed E-state index contributed by atoms with van der Waals surface area (Å²) >= 11 is 0. The van der Waals surface area contributed by atoms with Crippen molar-refractivity contribution in [3.8, 4) is 11.4 Å². The summed E-state index contributed by atoms with van der Waals surface area (Å²) in [6, 6.07) is 14.5. The molecule has 1 heterocycles. The molecule has 5 heteroatoms. The van der Waals surface area contributed by atoms with Crippen molar-refractivity contribution in [2.75, 3.05) is 0 Å². The number of amides is 1. The van der Waals surface area contributed by atoms with Crippen LogP contribution < -0.4 is 5.32 Å². The van der Waals surface area contributed by atoms with Gasteiger partial charge in [0.25, 0.3) is 0 Å². The molecule has 1 unspecified atom stereocenters. The van der Waals surface area contributed by atoms with Crippen LogP contribution in [-0.4, -0.2) is 21.5 Å². The molecule has 1 amide bonds. The van der Waals surface area contributed by atoms with Crippen LogP contribution in [0.4, 0.5) is 4.39 Å². The van der Waals surface area contributed by atoms with Crippen LogP contribution in [-0.2, 0) is 4.79 Å². The Morgan fingerprint density at radius 1 is 0.938 bits per heavy atom. The maximum Gasteiger partial charge on any atom is 0.243 e. The first-order valence-corrected chi connectivity index (χ1v) is 12.2. The van der Waals surface area contributed by atoms with Crippen molar-refractivity contribution in [3.63, 3.8) is 0 Å². The van der Waals surface area contributed by atoms with Crippen LogP contribution in [0.5, 0.6) is 0 Å². The topological polar surface area (TPSA) is 46.9 Å².